The molecule has 12 heavy (non-hydrogen) atoms. The molecule has 1 rings (SSSR count). The summed E-state index contributed by atoms with van der Waals surface area (Å²) >= 11 is 0. The zero-order valence-corrected chi connectivity index (χ0v) is 6.01. The van der Waals surface area contributed by atoms with Gasteiger partial charge >= 0.3 is 0 Å². The summed E-state index contributed by atoms with van der Waals surface area (Å²) in [5.74, 6) is -0.123. The average Bonchev–Trinajstić information content (AvgIpc) is 2.09. The normalized spacial score (nSPS) is 8.67. The molecule has 0 aliphatic carbocycles. The minimum Gasteiger partial charge on any atom is -0.507 e. The zero-order valence-electron chi connectivity index (χ0n) is 6.01. The molecule has 0 saturated heterocycles. The topological polar surface area (TPSA) is 86.1 Å². The van der Waals surface area contributed by atoms with Gasteiger partial charge in [-0.05, 0) is 23.7 Å². The summed E-state index contributed by atoms with van der Waals surface area (Å²) in [7, 11) is 0. The van der Waals surface area contributed by atoms with Gasteiger partial charge in [-0.25, -0.2) is 0 Å². The molecule has 5 nitrogen and oxygen atoms in total. The van der Waals surface area contributed by atoms with Crippen LogP contribution >= 0.6 is 0 Å². The molecule has 0 aromatic heterocycles. The second kappa shape index (κ2) is 3.41. The maximum absolute atomic E-state index is 10.3. The van der Waals surface area contributed by atoms with E-state index in [1.54, 1.807) is 0 Å². The van der Waals surface area contributed by atoms with Gasteiger partial charge in [-0.2, -0.15) is 0 Å². The second-order valence-electron chi connectivity index (χ2n) is 2.05. The number of phenols is 1. The Bertz CT molecular complexity index is 356. The molecule has 0 atom stereocenters. The molecule has 0 aliphatic heterocycles. The number of benzene rings is 1. The van der Waals surface area contributed by atoms with Gasteiger partial charge in [-0.3, -0.25) is 4.79 Å². The van der Waals surface area contributed by atoms with E-state index in [1.165, 1.54) is 18.2 Å². The molecule has 0 spiro atoms. The number of carbonyl (C=O) groups is 1. The number of rotatable bonds is 2. The third kappa shape index (κ3) is 1.53. The molecule has 1 aromatic carbocycles. The van der Waals surface area contributed by atoms with Crippen molar-refractivity contribution in [3.8, 4) is 5.75 Å². The highest BCUT2D eigenvalue weighted by Gasteiger charge is 1.98. The number of carbonyl (C=O) groups excluding carboxylic acids is 1. The van der Waals surface area contributed by atoms with E-state index in [2.05, 4.69) is 10.0 Å². The van der Waals surface area contributed by atoms with Crippen LogP contribution in [0.15, 0.2) is 23.3 Å². The Balaban J connectivity index is 3.21. The van der Waals surface area contributed by atoms with Gasteiger partial charge in [-0.1, -0.05) is 5.11 Å². The minimum absolute atomic E-state index is 0.111. The van der Waals surface area contributed by atoms with Crippen LogP contribution in [0.5, 0.6) is 5.75 Å². The van der Waals surface area contributed by atoms with Crippen LogP contribution in [0.2, 0.25) is 0 Å². The molecule has 60 valence electrons. The van der Waals surface area contributed by atoms with E-state index >= 15 is 0 Å². The lowest BCUT2D eigenvalue weighted by atomic mass is 10.2. The molecule has 0 bridgehead atoms. The van der Waals surface area contributed by atoms with Crippen molar-refractivity contribution in [3.63, 3.8) is 0 Å². The van der Waals surface area contributed by atoms with Gasteiger partial charge < -0.3 is 5.11 Å². The second-order valence-corrected chi connectivity index (χ2v) is 2.05. The minimum atomic E-state index is -0.123. The van der Waals surface area contributed by atoms with E-state index in [4.69, 9.17) is 10.6 Å². The van der Waals surface area contributed by atoms with Gasteiger partial charge in [0.2, 0.25) is 0 Å². The third-order valence-corrected chi connectivity index (χ3v) is 1.30. The monoisotopic (exact) mass is 163 g/mol. The number of nitrogens with zero attached hydrogens (tertiary/aromatic N) is 3. The van der Waals surface area contributed by atoms with Crippen LogP contribution in [0.25, 0.3) is 10.4 Å². The standard InChI is InChI=1S/C7H5N3O2/c8-10-9-6-1-2-7(12)5(3-6)4-11/h1-4,12H. The summed E-state index contributed by atoms with van der Waals surface area (Å²) in [6.45, 7) is 0. The van der Waals surface area contributed by atoms with Crippen molar-refractivity contribution in [1.82, 2.24) is 0 Å². The molecular weight excluding hydrogens is 158 g/mol. The summed E-state index contributed by atoms with van der Waals surface area (Å²) in [5.41, 5.74) is 8.47. The lowest BCUT2D eigenvalue weighted by Crippen LogP contribution is -1.78. The molecule has 0 saturated carbocycles. The van der Waals surface area contributed by atoms with Gasteiger partial charge in [0, 0.05) is 10.6 Å². The zero-order chi connectivity index (χ0) is 8.97. The summed E-state index contributed by atoms with van der Waals surface area (Å²) in [4.78, 5) is 12.8. The Hall–Kier alpha value is -2.00. The van der Waals surface area contributed by atoms with Gasteiger partial charge in [0.25, 0.3) is 0 Å². The Morgan fingerprint density at radius 1 is 1.58 bits per heavy atom. The van der Waals surface area contributed by atoms with Crippen molar-refractivity contribution in [2.24, 2.45) is 5.11 Å². The van der Waals surface area contributed by atoms with Crippen LogP contribution < -0.4 is 0 Å². The highest BCUT2D eigenvalue weighted by Crippen LogP contribution is 2.21. The van der Waals surface area contributed by atoms with Crippen molar-refractivity contribution < 1.29 is 9.90 Å². The van der Waals surface area contributed by atoms with Crippen molar-refractivity contribution in [2.45, 2.75) is 0 Å². The first-order valence-electron chi connectivity index (χ1n) is 3.11. The Morgan fingerprint density at radius 2 is 2.33 bits per heavy atom. The maximum atomic E-state index is 10.3. The van der Waals surface area contributed by atoms with Crippen molar-refractivity contribution in [1.29, 1.82) is 0 Å². The number of hydrogen-bond donors (Lipinski definition) is 1. The van der Waals surface area contributed by atoms with Gasteiger partial charge in [-0.15, -0.1) is 0 Å². The predicted molar refractivity (Wildman–Crippen MR) is 42.3 cm³/mol. The van der Waals surface area contributed by atoms with Crippen LogP contribution in [-0.2, 0) is 0 Å². The third-order valence-electron chi connectivity index (χ3n) is 1.30. The van der Waals surface area contributed by atoms with Crippen molar-refractivity contribution >= 4 is 12.0 Å². The maximum Gasteiger partial charge on any atom is 0.153 e. The lowest BCUT2D eigenvalue weighted by molar-refractivity contribution is 0.112. The summed E-state index contributed by atoms with van der Waals surface area (Å²) in [6, 6.07) is 4.03. The van der Waals surface area contributed by atoms with Crippen molar-refractivity contribution in [3.05, 3.63) is 34.2 Å². The molecule has 0 radical (unpaired) electrons. The fraction of sp³-hybridized carbons (Fsp3) is 0. The average molecular weight is 163 g/mol. The van der Waals surface area contributed by atoms with Crippen LogP contribution in [-0.4, -0.2) is 11.4 Å². The Labute approximate surface area is 67.9 Å². The van der Waals surface area contributed by atoms with Gasteiger partial charge in [0.1, 0.15) is 5.75 Å². The first-order valence-corrected chi connectivity index (χ1v) is 3.11. The smallest absolute Gasteiger partial charge is 0.153 e. The van der Waals surface area contributed by atoms with Crippen molar-refractivity contribution in [2.75, 3.05) is 0 Å². The molecule has 1 aromatic rings. The van der Waals surface area contributed by atoms with Crippen LogP contribution in [0, 0.1) is 0 Å². The van der Waals surface area contributed by atoms with E-state index in [9.17, 15) is 4.79 Å². The van der Waals surface area contributed by atoms with Crippen LogP contribution in [0.3, 0.4) is 0 Å². The van der Waals surface area contributed by atoms with Crippen LogP contribution in [0.1, 0.15) is 10.4 Å². The highest BCUT2D eigenvalue weighted by molar-refractivity contribution is 5.80. The van der Waals surface area contributed by atoms with E-state index in [-0.39, 0.29) is 11.3 Å². The fourth-order valence-corrected chi connectivity index (χ4v) is 0.750. The van der Waals surface area contributed by atoms with Crippen LogP contribution in [0.4, 0.5) is 5.69 Å². The molecule has 0 unspecified atom stereocenters. The number of hydrogen-bond acceptors (Lipinski definition) is 3. The largest absolute Gasteiger partial charge is 0.507 e. The van der Waals surface area contributed by atoms with E-state index in [0.29, 0.717) is 12.0 Å². The first kappa shape index (κ1) is 8.10. The SMILES string of the molecule is [N-]=[N+]=Nc1ccc(O)c(C=O)c1. The molecule has 0 heterocycles. The quantitative estimate of drug-likeness (QED) is 0.313. The van der Waals surface area contributed by atoms with E-state index in [0.717, 1.165) is 0 Å². The molecule has 0 aliphatic rings. The summed E-state index contributed by atoms with van der Waals surface area (Å²) in [6.07, 6.45) is 0.492. The highest BCUT2D eigenvalue weighted by atomic mass is 16.3. The fourth-order valence-electron chi connectivity index (χ4n) is 0.750. The van der Waals surface area contributed by atoms with Gasteiger partial charge in [0.15, 0.2) is 6.29 Å². The number of aldehydes is 1. The molecule has 1 N–H and O–H groups in total. The number of azide groups is 1. The Morgan fingerprint density at radius 3 is 2.92 bits per heavy atom. The first-order chi connectivity index (χ1) is 5.77. The Kier molecular flexibility index (Phi) is 2.30. The van der Waals surface area contributed by atoms with E-state index < -0.39 is 0 Å². The van der Waals surface area contributed by atoms with E-state index in [1.807, 2.05) is 0 Å². The lowest BCUT2D eigenvalue weighted by Gasteiger charge is -1.96. The molecule has 0 fully saturated rings. The summed E-state index contributed by atoms with van der Waals surface area (Å²) < 4.78 is 0. The predicted octanol–water partition coefficient (Wildman–Crippen LogP) is 2.15. The summed E-state index contributed by atoms with van der Waals surface area (Å²) in [5, 5.41) is 12.3. The number of aromatic hydroxyl groups is 1. The molecule has 0 amide bonds. The van der Waals surface area contributed by atoms with Gasteiger partial charge in [0.05, 0.1) is 5.56 Å². The number of phenolic OH excluding ortho intramolecular Hbond substituents is 1. The molecule has 5 heteroatoms. The molecular formula is C7H5N3O2.